The van der Waals surface area contributed by atoms with E-state index in [0.717, 1.165) is 29.5 Å². The van der Waals surface area contributed by atoms with Crippen molar-refractivity contribution in [3.63, 3.8) is 0 Å². The number of halogens is 4. The Morgan fingerprint density at radius 3 is 2.55 bits per heavy atom. The van der Waals surface area contributed by atoms with Crippen molar-refractivity contribution in [2.45, 2.75) is 24.9 Å². The molecular weight excluding hydrogens is 390 g/mol. The minimum Gasteiger partial charge on any atom is -0.389 e. The molecule has 0 fully saturated rings. The predicted molar refractivity (Wildman–Crippen MR) is 102 cm³/mol. The van der Waals surface area contributed by atoms with Crippen molar-refractivity contribution in [2.24, 2.45) is 16.8 Å². The van der Waals surface area contributed by atoms with Gasteiger partial charge in [-0.2, -0.15) is 13.9 Å². The van der Waals surface area contributed by atoms with Crippen LogP contribution in [0.1, 0.15) is 29.7 Å². The molecule has 1 aromatic heterocycles. The van der Waals surface area contributed by atoms with Gasteiger partial charge in [0.15, 0.2) is 0 Å². The molecule has 10 heteroatoms. The van der Waals surface area contributed by atoms with Crippen LogP contribution in [0.4, 0.5) is 17.6 Å². The molecule has 0 amide bonds. The van der Waals surface area contributed by atoms with E-state index in [4.69, 9.17) is 11.7 Å². The third-order valence-corrected chi connectivity index (χ3v) is 4.08. The fraction of sp³-hybridized carbons (Fsp3) is 0.263. The number of pyridine rings is 1. The standard InChI is InChI=1S/C19H21F4N5O/c1-12(29)2-3-13-4-7-18(26-9-13)19(22,23)16(10-28(25)11-27-24)15-6-5-14(20)8-17(15)21/h2-9,11-12,16,29H,10,24-25H2,1H3/b3-2+,27-11-. The molecule has 2 atom stereocenters. The number of rotatable bonds is 8. The Labute approximate surface area is 165 Å². The average Bonchev–Trinajstić information content (AvgIpc) is 2.65. The number of hydrogen-bond acceptors (Lipinski definition) is 5. The number of aliphatic hydroxyl groups excluding tert-OH is 1. The summed E-state index contributed by atoms with van der Waals surface area (Å²) in [6.07, 6.45) is 4.38. The van der Waals surface area contributed by atoms with E-state index < -0.39 is 47.4 Å². The molecule has 2 rings (SSSR count). The number of benzene rings is 1. The molecule has 0 aliphatic rings. The van der Waals surface area contributed by atoms with Crippen LogP contribution in [-0.4, -0.2) is 34.1 Å². The highest BCUT2D eigenvalue weighted by molar-refractivity contribution is 5.53. The lowest BCUT2D eigenvalue weighted by Gasteiger charge is -2.29. The molecule has 0 saturated heterocycles. The molecule has 2 unspecified atom stereocenters. The maximum atomic E-state index is 15.3. The maximum Gasteiger partial charge on any atom is 0.298 e. The molecule has 0 saturated carbocycles. The zero-order valence-electron chi connectivity index (χ0n) is 15.5. The SMILES string of the molecule is CC(O)/C=C/c1ccc(C(F)(F)C(CN(N)/C=N\N)c2ccc(F)cc2F)nc1. The average molecular weight is 411 g/mol. The number of nitrogens with two attached hydrogens (primary N) is 2. The zero-order valence-corrected chi connectivity index (χ0v) is 15.5. The fourth-order valence-electron chi connectivity index (χ4n) is 2.67. The number of aromatic nitrogens is 1. The highest BCUT2D eigenvalue weighted by atomic mass is 19.3. The minimum atomic E-state index is -3.66. The molecule has 2 aromatic rings. The third-order valence-electron chi connectivity index (χ3n) is 4.08. The normalized spacial score (nSPS) is 14.4. The van der Waals surface area contributed by atoms with Gasteiger partial charge in [-0.1, -0.05) is 24.3 Å². The van der Waals surface area contributed by atoms with Crippen LogP contribution in [0.3, 0.4) is 0 Å². The van der Waals surface area contributed by atoms with Gasteiger partial charge in [0.25, 0.3) is 5.92 Å². The Hall–Kier alpha value is -2.98. The molecule has 0 spiro atoms. The number of aliphatic hydroxyl groups is 1. The Balaban J connectivity index is 2.44. The summed E-state index contributed by atoms with van der Waals surface area (Å²) in [5.41, 5.74) is -0.568. The van der Waals surface area contributed by atoms with Crippen LogP contribution in [-0.2, 0) is 5.92 Å². The zero-order chi connectivity index (χ0) is 21.6. The predicted octanol–water partition coefficient (Wildman–Crippen LogP) is 2.71. The largest absolute Gasteiger partial charge is 0.389 e. The summed E-state index contributed by atoms with van der Waals surface area (Å²) < 4.78 is 58.1. The highest BCUT2D eigenvalue weighted by Gasteiger charge is 2.45. The smallest absolute Gasteiger partial charge is 0.298 e. The van der Waals surface area contributed by atoms with Crippen molar-refractivity contribution in [3.8, 4) is 0 Å². The second-order valence-corrected chi connectivity index (χ2v) is 6.38. The summed E-state index contributed by atoms with van der Waals surface area (Å²) in [6.45, 7) is 0.971. The summed E-state index contributed by atoms with van der Waals surface area (Å²) in [6, 6.07) is 4.82. The van der Waals surface area contributed by atoms with E-state index in [1.165, 1.54) is 31.3 Å². The third kappa shape index (κ3) is 5.75. The van der Waals surface area contributed by atoms with E-state index in [1.807, 2.05) is 0 Å². The second-order valence-electron chi connectivity index (χ2n) is 6.38. The molecule has 29 heavy (non-hydrogen) atoms. The number of alkyl halides is 2. The van der Waals surface area contributed by atoms with Gasteiger partial charge in [0.05, 0.1) is 12.0 Å². The first-order chi connectivity index (χ1) is 13.6. The minimum absolute atomic E-state index is 0.433. The van der Waals surface area contributed by atoms with Crippen LogP contribution in [0.2, 0.25) is 0 Å². The van der Waals surface area contributed by atoms with Crippen molar-refractivity contribution in [2.75, 3.05) is 6.54 Å². The van der Waals surface area contributed by atoms with E-state index in [2.05, 4.69) is 10.1 Å². The Morgan fingerprint density at radius 1 is 1.28 bits per heavy atom. The number of hydrogen-bond donors (Lipinski definition) is 3. The topological polar surface area (TPSA) is 101 Å². The van der Waals surface area contributed by atoms with Gasteiger partial charge in [0.2, 0.25) is 0 Å². The van der Waals surface area contributed by atoms with Crippen molar-refractivity contribution < 1.29 is 22.7 Å². The van der Waals surface area contributed by atoms with Crippen molar-refractivity contribution in [1.29, 1.82) is 0 Å². The number of nitrogens with zero attached hydrogens (tertiary/aromatic N) is 3. The van der Waals surface area contributed by atoms with Gasteiger partial charge in [-0.15, -0.1) is 0 Å². The highest BCUT2D eigenvalue weighted by Crippen LogP contribution is 2.42. The quantitative estimate of drug-likeness (QED) is 0.204. The summed E-state index contributed by atoms with van der Waals surface area (Å²) in [4.78, 5) is 3.78. The summed E-state index contributed by atoms with van der Waals surface area (Å²) in [5, 5.41) is 13.2. The maximum absolute atomic E-state index is 15.3. The monoisotopic (exact) mass is 411 g/mol. The summed E-state index contributed by atoms with van der Waals surface area (Å²) in [5.74, 6) is 3.07. The molecule has 5 N–H and O–H groups in total. The molecule has 0 aliphatic carbocycles. The van der Waals surface area contributed by atoms with E-state index >= 15 is 8.78 Å². The van der Waals surface area contributed by atoms with Gasteiger partial charge < -0.3 is 10.9 Å². The van der Waals surface area contributed by atoms with Gasteiger partial charge in [-0.3, -0.25) is 9.99 Å². The second kappa shape index (κ2) is 9.48. The summed E-state index contributed by atoms with van der Waals surface area (Å²) in [7, 11) is 0. The van der Waals surface area contributed by atoms with Crippen LogP contribution in [0.25, 0.3) is 6.08 Å². The molecule has 0 radical (unpaired) electrons. The lowest BCUT2D eigenvalue weighted by atomic mass is 9.89. The first-order valence-electron chi connectivity index (χ1n) is 8.55. The van der Waals surface area contributed by atoms with Crippen molar-refractivity contribution in [3.05, 3.63) is 71.1 Å². The van der Waals surface area contributed by atoms with Crippen LogP contribution >= 0.6 is 0 Å². The first kappa shape index (κ1) is 22.3. The molecule has 156 valence electrons. The molecule has 1 heterocycles. The number of hydrazone groups is 1. The van der Waals surface area contributed by atoms with Crippen LogP contribution < -0.4 is 11.7 Å². The van der Waals surface area contributed by atoms with Crippen molar-refractivity contribution in [1.82, 2.24) is 9.99 Å². The van der Waals surface area contributed by atoms with E-state index in [9.17, 15) is 13.9 Å². The van der Waals surface area contributed by atoms with E-state index in [-0.39, 0.29) is 0 Å². The van der Waals surface area contributed by atoms with Gasteiger partial charge in [0, 0.05) is 18.8 Å². The Morgan fingerprint density at radius 2 is 2.00 bits per heavy atom. The van der Waals surface area contributed by atoms with Gasteiger partial charge >= 0.3 is 0 Å². The van der Waals surface area contributed by atoms with Crippen LogP contribution in [0, 0.1) is 11.6 Å². The molecule has 0 bridgehead atoms. The van der Waals surface area contributed by atoms with Gasteiger partial charge in [-0.05, 0) is 30.2 Å². The molecular formula is C19H21F4N5O. The van der Waals surface area contributed by atoms with Gasteiger partial charge in [0.1, 0.15) is 23.7 Å². The fourth-order valence-corrected chi connectivity index (χ4v) is 2.67. The lowest BCUT2D eigenvalue weighted by molar-refractivity contribution is -0.0443. The Bertz CT molecular complexity index is 871. The molecule has 6 nitrogen and oxygen atoms in total. The van der Waals surface area contributed by atoms with Crippen molar-refractivity contribution >= 4 is 12.4 Å². The van der Waals surface area contributed by atoms with Gasteiger partial charge in [-0.25, -0.2) is 14.6 Å². The first-order valence-corrected chi connectivity index (χ1v) is 8.55. The number of hydrazine groups is 1. The summed E-state index contributed by atoms with van der Waals surface area (Å²) >= 11 is 0. The lowest BCUT2D eigenvalue weighted by Crippen LogP contribution is -2.40. The molecule has 0 aliphatic heterocycles. The van der Waals surface area contributed by atoms with Crippen LogP contribution in [0.5, 0.6) is 0 Å². The molecule has 1 aromatic carbocycles. The van der Waals surface area contributed by atoms with E-state index in [0.29, 0.717) is 11.6 Å². The van der Waals surface area contributed by atoms with Crippen LogP contribution in [0.15, 0.2) is 47.7 Å². The Kier molecular flexibility index (Phi) is 7.29. The van der Waals surface area contributed by atoms with E-state index in [1.54, 1.807) is 0 Å².